The van der Waals surface area contributed by atoms with Crippen LogP contribution in [0.1, 0.15) is 31.9 Å². The number of rotatable bonds is 2. The average molecular weight is 212 g/mol. The van der Waals surface area contributed by atoms with Crippen molar-refractivity contribution in [3.8, 4) is 0 Å². The third kappa shape index (κ3) is 2.73. The zero-order valence-electron chi connectivity index (χ0n) is 9.10. The second-order valence-corrected chi connectivity index (χ2v) is 5.03. The molecule has 0 aromatic heterocycles. The molecule has 0 unspecified atom stereocenters. The standard InChI is InChI=1S/C12H18ClN/c1-12(2,3)11-5-4-10(13)8-9(11)6-7-14/h4-5,8H,6-7,14H2,1-3H3. The average Bonchev–Trinajstić information content (AvgIpc) is 2.02. The summed E-state index contributed by atoms with van der Waals surface area (Å²) in [6.07, 6.45) is 0.896. The van der Waals surface area contributed by atoms with Crippen LogP contribution >= 0.6 is 11.6 Å². The Morgan fingerprint density at radius 3 is 2.43 bits per heavy atom. The molecule has 1 rings (SSSR count). The number of benzene rings is 1. The van der Waals surface area contributed by atoms with Crippen molar-refractivity contribution in [2.75, 3.05) is 6.54 Å². The van der Waals surface area contributed by atoms with E-state index < -0.39 is 0 Å². The van der Waals surface area contributed by atoms with Gasteiger partial charge in [0.05, 0.1) is 0 Å². The van der Waals surface area contributed by atoms with Crippen LogP contribution in [-0.2, 0) is 11.8 Å². The molecule has 0 spiro atoms. The third-order valence-corrected chi connectivity index (χ3v) is 2.52. The van der Waals surface area contributed by atoms with E-state index in [0.717, 1.165) is 11.4 Å². The van der Waals surface area contributed by atoms with E-state index in [2.05, 4.69) is 26.8 Å². The van der Waals surface area contributed by atoms with Crippen LogP contribution in [-0.4, -0.2) is 6.54 Å². The molecule has 0 saturated heterocycles. The van der Waals surface area contributed by atoms with Crippen LogP contribution in [0, 0.1) is 0 Å². The van der Waals surface area contributed by atoms with Gasteiger partial charge in [0.2, 0.25) is 0 Å². The van der Waals surface area contributed by atoms with Crippen molar-refractivity contribution < 1.29 is 0 Å². The maximum absolute atomic E-state index is 5.96. The lowest BCUT2D eigenvalue weighted by molar-refractivity contribution is 0.582. The lowest BCUT2D eigenvalue weighted by atomic mass is 9.83. The number of nitrogens with two attached hydrogens (primary N) is 1. The van der Waals surface area contributed by atoms with Gasteiger partial charge in [-0.3, -0.25) is 0 Å². The van der Waals surface area contributed by atoms with Crippen molar-refractivity contribution in [1.29, 1.82) is 0 Å². The molecule has 0 radical (unpaired) electrons. The molecule has 0 aliphatic rings. The molecule has 1 nitrogen and oxygen atoms in total. The van der Waals surface area contributed by atoms with Crippen LogP contribution in [0.2, 0.25) is 5.02 Å². The summed E-state index contributed by atoms with van der Waals surface area (Å²) in [5.41, 5.74) is 8.35. The van der Waals surface area contributed by atoms with E-state index in [-0.39, 0.29) is 5.41 Å². The van der Waals surface area contributed by atoms with Gasteiger partial charge in [0.1, 0.15) is 0 Å². The van der Waals surface area contributed by atoms with Crippen LogP contribution in [0.15, 0.2) is 18.2 Å². The minimum Gasteiger partial charge on any atom is -0.330 e. The van der Waals surface area contributed by atoms with Gasteiger partial charge in [-0.2, -0.15) is 0 Å². The summed E-state index contributed by atoms with van der Waals surface area (Å²) in [7, 11) is 0. The summed E-state index contributed by atoms with van der Waals surface area (Å²) in [4.78, 5) is 0. The first-order valence-electron chi connectivity index (χ1n) is 4.94. The molecular formula is C12H18ClN. The highest BCUT2D eigenvalue weighted by Gasteiger charge is 2.17. The first-order chi connectivity index (χ1) is 6.45. The quantitative estimate of drug-likeness (QED) is 0.799. The summed E-state index contributed by atoms with van der Waals surface area (Å²) in [6.45, 7) is 7.28. The van der Waals surface area contributed by atoms with Gasteiger partial charge in [0, 0.05) is 5.02 Å². The van der Waals surface area contributed by atoms with Gasteiger partial charge in [-0.25, -0.2) is 0 Å². The SMILES string of the molecule is CC(C)(C)c1ccc(Cl)cc1CCN. The van der Waals surface area contributed by atoms with Crippen molar-refractivity contribution in [1.82, 2.24) is 0 Å². The van der Waals surface area contributed by atoms with Gasteiger partial charge >= 0.3 is 0 Å². The Balaban J connectivity index is 3.15. The molecule has 14 heavy (non-hydrogen) atoms. The lowest BCUT2D eigenvalue weighted by Gasteiger charge is -2.23. The first-order valence-corrected chi connectivity index (χ1v) is 5.32. The van der Waals surface area contributed by atoms with Gasteiger partial charge in [-0.05, 0) is 41.6 Å². The largest absolute Gasteiger partial charge is 0.330 e. The summed E-state index contributed by atoms with van der Waals surface area (Å²) >= 11 is 5.96. The number of halogens is 1. The molecule has 0 atom stereocenters. The van der Waals surface area contributed by atoms with Crippen molar-refractivity contribution in [3.63, 3.8) is 0 Å². The second-order valence-electron chi connectivity index (χ2n) is 4.59. The van der Waals surface area contributed by atoms with Crippen LogP contribution in [0.3, 0.4) is 0 Å². The highest BCUT2D eigenvalue weighted by Crippen LogP contribution is 2.28. The molecule has 0 bridgehead atoms. The van der Waals surface area contributed by atoms with E-state index in [0.29, 0.717) is 6.54 Å². The molecule has 1 aromatic rings. The number of hydrogen-bond donors (Lipinski definition) is 1. The van der Waals surface area contributed by atoms with E-state index in [1.54, 1.807) is 0 Å². The summed E-state index contributed by atoms with van der Waals surface area (Å²) in [5.74, 6) is 0. The fraction of sp³-hybridized carbons (Fsp3) is 0.500. The monoisotopic (exact) mass is 211 g/mol. The second kappa shape index (κ2) is 4.33. The smallest absolute Gasteiger partial charge is 0.0408 e. The molecule has 0 fully saturated rings. The molecule has 0 saturated carbocycles. The minimum absolute atomic E-state index is 0.162. The van der Waals surface area contributed by atoms with Crippen LogP contribution in [0.4, 0.5) is 0 Å². The normalized spacial score (nSPS) is 11.8. The Morgan fingerprint density at radius 1 is 1.29 bits per heavy atom. The van der Waals surface area contributed by atoms with Crippen LogP contribution in [0.25, 0.3) is 0 Å². The van der Waals surface area contributed by atoms with E-state index in [1.807, 2.05) is 12.1 Å². The topological polar surface area (TPSA) is 26.0 Å². The molecular weight excluding hydrogens is 194 g/mol. The Labute approximate surface area is 91.3 Å². The Kier molecular flexibility index (Phi) is 3.57. The molecule has 2 heteroatoms. The molecule has 0 heterocycles. The number of hydrogen-bond acceptors (Lipinski definition) is 1. The van der Waals surface area contributed by atoms with E-state index in [9.17, 15) is 0 Å². The van der Waals surface area contributed by atoms with Crippen molar-refractivity contribution >= 4 is 11.6 Å². The molecule has 0 aliphatic carbocycles. The van der Waals surface area contributed by atoms with Crippen molar-refractivity contribution in [2.45, 2.75) is 32.6 Å². The highest BCUT2D eigenvalue weighted by molar-refractivity contribution is 6.30. The zero-order valence-corrected chi connectivity index (χ0v) is 9.86. The lowest BCUT2D eigenvalue weighted by Crippen LogP contribution is -2.16. The van der Waals surface area contributed by atoms with Gasteiger partial charge < -0.3 is 5.73 Å². The summed E-state index contributed by atoms with van der Waals surface area (Å²) in [5, 5.41) is 0.793. The fourth-order valence-corrected chi connectivity index (χ4v) is 1.85. The van der Waals surface area contributed by atoms with Gasteiger partial charge in [-0.15, -0.1) is 0 Å². The highest BCUT2D eigenvalue weighted by atomic mass is 35.5. The van der Waals surface area contributed by atoms with Crippen molar-refractivity contribution in [2.24, 2.45) is 5.73 Å². The molecule has 1 aromatic carbocycles. The summed E-state index contributed by atoms with van der Waals surface area (Å²) in [6, 6.07) is 6.07. The molecule has 78 valence electrons. The van der Waals surface area contributed by atoms with Crippen molar-refractivity contribution in [3.05, 3.63) is 34.3 Å². The van der Waals surface area contributed by atoms with Crippen LogP contribution < -0.4 is 5.73 Å². The fourth-order valence-electron chi connectivity index (χ4n) is 1.66. The van der Waals surface area contributed by atoms with E-state index in [4.69, 9.17) is 17.3 Å². The predicted octanol–water partition coefficient (Wildman–Crippen LogP) is 3.14. The van der Waals surface area contributed by atoms with Gasteiger partial charge in [0.25, 0.3) is 0 Å². The van der Waals surface area contributed by atoms with Gasteiger partial charge in [-0.1, -0.05) is 38.4 Å². The minimum atomic E-state index is 0.162. The van der Waals surface area contributed by atoms with Gasteiger partial charge in [0.15, 0.2) is 0 Å². The molecule has 2 N–H and O–H groups in total. The Morgan fingerprint density at radius 2 is 1.93 bits per heavy atom. The molecule has 0 aliphatic heterocycles. The Hall–Kier alpha value is -0.530. The maximum atomic E-state index is 5.96. The van der Waals surface area contributed by atoms with Crippen LogP contribution in [0.5, 0.6) is 0 Å². The maximum Gasteiger partial charge on any atom is 0.0408 e. The summed E-state index contributed by atoms with van der Waals surface area (Å²) < 4.78 is 0. The van der Waals surface area contributed by atoms with E-state index in [1.165, 1.54) is 11.1 Å². The predicted molar refractivity (Wildman–Crippen MR) is 62.9 cm³/mol. The first kappa shape index (κ1) is 11.5. The van der Waals surface area contributed by atoms with E-state index >= 15 is 0 Å². The molecule has 0 amide bonds. The third-order valence-electron chi connectivity index (χ3n) is 2.29. The Bertz CT molecular complexity index is 313. The zero-order chi connectivity index (χ0) is 10.8.